The summed E-state index contributed by atoms with van der Waals surface area (Å²) in [4.78, 5) is 34.5. The molecule has 1 N–H and O–H groups in total. The fraction of sp³-hybridized carbons (Fsp3) is 0.182. The summed E-state index contributed by atoms with van der Waals surface area (Å²) >= 11 is 0. The van der Waals surface area contributed by atoms with Crippen molar-refractivity contribution < 1.29 is 4.79 Å². The predicted octanol–water partition coefficient (Wildman–Crippen LogP) is 2.37. The van der Waals surface area contributed by atoms with Crippen LogP contribution in [0.15, 0.2) is 65.7 Å². The standard InChI is InChI=1S/C22H19N5O2/c28-21-11-17-13-26(22(29)16-6-7-19-20(10-16)24-14-23-19)9-8-18(17)25-27(21)12-15-4-2-1-3-5-15/h1-7,10-11,14H,8-9,12-13H2,(H,23,24). The average molecular weight is 385 g/mol. The van der Waals surface area contributed by atoms with E-state index in [0.29, 0.717) is 31.6 Å². The molecule has 7 nitrogen and oxygen atoms in total. The zero-order valence-electron chi connectivity index (χ0n) is 15.7. The van der Waals surface area contributed by atoms with Crippen molar-refractivity contribution in [2.45, 2.75) is 19.5 Å². The van der Waals surface area contributed by atoms with Crippen molar-refractivity contribution in [3.05, 3.63) is 93.7 Å². The highest BCUT2D eigenvalue weighted by Crippen LogP contribution is 2.19. The van der Waals surface area contributed by atoms with Crippen LogP contribution in [0.25, 0.3) is 11.0 Å². The molecule has 0 unspecified atom stereocenters. The Morgan fingerprint density at radius 1 is 1.10 bits per heavy atom. The first-order valence-corrected chi connectivity index (χ1v) is 9.53. The molecule has 144 valence electrons. The van der Waals surface area contributed by atoms with Crippen molar-refractivity contribution in [3.8, 4) is 0 Å². The van der Waals surface area contributed by atoms with Crippen LogP contribution in [0.5, 0.6) is 0 Å². The van der Waals surface area contributed by atoms with E-state index in [1.54, 1.807) is 23.4 Å². The van der Waals surface area contributed by atoms with E-state index in [9.17, 15) is 9.59 Å². The van der Waals surface area contributed by atoms with E-state index in [0.717, 1.165) is 27.9 Å². The Morgan fingerprint density at radius 2 is 1.97 bits per heavy atom. The van der Waals surface area contributed by atoms with Crippen LogP contribution in [0.3, 0.4) is 0 Å². The Hall–Kier alpha value is -3.74. The summed E-state index contributed by atoms with van der Waals surface area (Å²) in [7, 11) is 0. The minimum absolute atomic E-state index is 0.0550. The first-order valence-electron chi connectivity index (χ1n) is 9.53. The summed E-state index contributed by atoms with van der Waals surface area (Å²) in [6.07, 6.45) is 2.24. The van der Waals surface area contributed by atoms with Gasteiger partial charge in [0.25, 0.3) is 11.5 Å². The van der Waals surface area contributed by atoms with Crippen molar-refractivity contribution in [2.75, 3.05) is 6.54 Å². The van der Waals surface area contributed by atoms with Gasteiger partial charge in [-0.15, -0.1) is 0 Å². The largest absolute Gasteiger partial charge is 0.345 e. The van der Waals surface area contributed by atoms with Crippen molar-refractivity contribution in [2.24, 2.45) is 0 Å². The molecule has 0 spiro atoms. The van der Waals surface area contributed by atoms with Crippen LogP contribution in [-0.4, -0.2) is 37.1 Å². The van der Waals surface area contributed by atoms with Crippen molar-refractivity contribution >= 4 is 16.9 Å². The number of hydrogen-bond acceptors (Lipinski definition) is 4. The lowest BCUT2D eigenvalue weighted by molar-refractivity contribution is 0.0732. The fourth-order valence-corrected chi connectivity index (χ4v) is 3.73. The number of imidazole rings is 1. The highest BCUT2D eigenvalue weighted by atomic mass is 16.2. The summed E-state index contributed by atoms with van der Waals surface area (Å²) in [6, 6.07) is 16.8. The third-order valence-corrected chi connectivity index (χ3v) is 5.27. The monoisotopic (exact) mass is 385 g/mol. The number of nitrogens with one attached hydrogen (secondary N) is 1. The van der Waals surface area contributed by atoms with Crippen LogP contribution in [0.1, 0.15) is 27.2 Å². The summed E-state index contributed by atoms with van der Waals surface area (Å²) in [5, 5.41) is 4.56. The van der Waals surface area contributed by atoms with Crippen LogP contribution in [0, 0.1) is 0 Å². The smallest absolute Gasteiger partial charge is 0.267 e. The van der Waals surface area contributed by atoms with Gasteiger partial charge in [0.15, 0.2) is 0 Å². The van der Waals surface area contributed by atoms with Gasteiger partial charge in [0.05, 0.1) is 29.6 Å². The Balaban J connectivity index is 1.38. The molecule has 0 fully saturated rings. The highest BCUT2D eigenvalue weighted by Gasteiger charge is 2.24. The van der Waals surface area contributed by atoms with Gasteiger partial charge in [-0.05, 0) is 23.8 Å². The molecular weight excluding hydrogens is 366 g/mol. The second kappa shape index (κ2) is 7.01. The zero-order chi connectivity index (χ0) is 19.8. The number of aromatic nitrogens is 4. The molecule has 5 rings (SSSR count). The van der Waals surface area contributed by atoms with Gasteiger partial charge in [0, 0.05) is 36.7 Å². The van der Waals surface area contributed by atoms with Crippen LogP contribution < -0.4 is 5.56 Å². The van der Waals surface area contributed by atoms with E-state index in [4.69, 9.17) is 0 Å². The van der Waals surface area contributed by atoms with E-state index in [-0.39, 0.29) is 11.5 Å². The van der Waals surface area contributed by atoms with Crippen LogP contribution >= 0.6 is 0 Å². The molecule has 0 saturated carbocycles. The number of nitrogens with zero attached hydrogens (tertiary/aromatic N) is 4. The van der Waals surface area contributed by atoms with Crippen LogP contribution in [0.4, 0.5) is 0 Å². The lowest BCUT2D eigenvalue weighted by atomic mass is 10.0. The number of H-pyrrole nitrogens is 1. The van der Waals surface area contributed by atoms with Gasteiger partial charge in [-0.25, -0.2) is 9.67 Å². The molecule has 3 heterocycles. The van der Waals surface area contributed by atoms with Gasteiger partial charge in [-0.1, -0.05) is 30.3 Å². The van der Waals surface area contributed by atoms with E-state index in [1.807, 2.05) is 42.5 Å². The normalized spacial score (nSPS) is 13.4. The van der Waals surface area contributed by atoms with E-state index in [2.05, 4.69) is 15.1 Å². The molecule has 4 aromatic rings. The third-order valence-electron chi connectivity index (χ3n) is 5.27. The van der Waals surface area contributed by atoms with Crippen LogP contribution in [-0.2, 0) is 19.5 Å². The number of carbonyl (C=O) groups is 1. The maximum atomic E-state index is 13.0. The van der Waals surface area contributed by atoms with Crippen molar-refractivity contribution in [1.82, 2.24) is 24.6 Å². The molecular formula is C22H19N5O2. The summed E-state index contributed by atoms with van der Waals surface area (Å²) in [5.41, 5.74) is 4.85. The Bertz CT molecular complexity index is 1260. The molecule has 29 heavy (non-hydrogen) atoms. The highest BCUT2D eigenvalue weighted by molar-refractivity contribution is 5.97. The van der Waals surface area contributed by atoms with Crippen molar-refractivity contribution in [1.29, 1.82) is 0 Å². The molecule has 1 amide bonds. The van der Waals surface area contributed by atoms with Crippen LogP contribution in [0.2, 0.25) is 0 Å². The Kier molecular flexibility index (Phi) is 4.20. The molecule has 0 saturated heterocycles. The van der Waals surface area contributed by atoms with E-state index >= 15 is 0 Å². The van der Waals surface area contributed by atoms with Gasteiger partial charge in [0.1, 0.15) is 0 Å². The number of hydrogen-bond donors (Lipinski definition) is 1. The Labute approximate surface area is 166 Å². The molecule has 0 bridgehead atoms. The molecule has 0 aliphatic carbocycles. The van der Waals surface area contributed by atoms with Gasteiger partial charge in [-0.3, -0.25) is 9.59 Å². The van der Waals surface area contributed by atoms with E-state index in [1.165, 1.54) is 4.68 Å². The molecule has 1 aliphatic rings. The molecule has 0 atom stereocenters. The number of rotatable bonds is 3. The SMILES string of the molecule is O=C(c1ccc2nc[nH]c2c1)N1CCc2nn(Cc3ccccc3)c(=O)cc2C1. The minimum Gasteiger partial charge on any atom is -0.345 e. The second-order valence-corrected chi connectivity index (χ2v) is 7.21. The number of carbonyl (C=O) groups excluding carboxylic acids is 1. The maximum Gasteiger partial charge on any atom is 0.267 e. The zero-order valence-corrected chi connectivity index (χ0v) is 15.7. The van der Waals surface area contributed by atoms with Gasteiger partial charge >= 0.3 is 0 Å². The molecule has 1 aliphatic heterocycles. The second-order valence-electron chi connectivity index (χ2n) is 7.21. The number of aromatic amines is 1. The summed E-state index contributed by atoms with van der Waals surface area (Å²) < 4.78 is 1.50. The third kappa shape index (κ3) is 3.31. The fourth-order valence-electron chi connectivity index (χ4n) is 3.73. The minimum atomic E-state index is -0.152. The maximum absolute atomic E-state index is 13.0. The van der Waals surface area contributed by atoms with Crippen molar-refractivity contribution in [3.63, 3.8) is 0 Å². The molecule has 0 radical (unpaired) electrons. The van der Waals surface area contributed by atoms with Gasteiger partial charge < -0.3 is 9.88 Å². The number of fused-ring (bicyclic) bond motifs is 2. The first-order chi connectivity index (χ1) is 14.2. The lowest BCUT2D eigenvalue weighted by Gasteiger charge is -2.28. The quantitative estimate of drug-likeness (QED) is 0.587. The summed E-state index contributed by atoms with van der Waals surface area (Å²) in [5.74, 6) is -0.0550. The molecule has 7 heteroatoms. The number of amides is 1. The average Bonchev–Trinajstić information content (AvgIpc) is 3.22. The molecule has 2 aromatic heterocycles. The first kappa shape index (κ1) is 17.4. The van der Waals surface area contributed by atoms with E-state index < -0.39 is 0 Å². The topological polar surface area (TPSA) is 83.9 Å². The predicted molar refractivity (Wildman–Crippen MR) is 109 cm³/mol. The number of benzene rings is 2. The molecule has 2 aromatic carbocycles. The summed E-state index contributed by atoms with van der Waals surface area (Å²) in [6.45, 7) is 1.41. The van der Waals surface area contributed by atoms with Gasteiger partial charge in [-0.2, -0.15) is 5.10 Å². The Morgan fingerprint density at radius 3 is 2.83 bits per heavy atom. The van der Waals surface area contributed by atoms with Gasteiger partial charge in [0.2, 0.25) is 0 Å². The lowest BCUT2D eigenvalue weighted by Crippen LogP contribution is -2.38.